The first-order chi connectivity index (χ1) is 12.5. The number of aryl methyl sites for hydroxylation is 1. The molecule has 0 radical (unpaired) electrons. The summed E-state index contributed by atoms with van der Waals surface area (Å²) in [6.45, 7) is 1.96. The highest BCUT2D eigenvalue weighted by Gasteiger charge is 2.24. The van der Waals surface area contributed by atoms with Crippen molar-refractivity contribution in [2.75, 3.05) is 5.32 Å². The molecule has 1 aromatic heterocycles. The second-order valence-electron chi connectivity index (χ2n) is 5.81. The Morgan fingerprint density at radius 3 is 2.35 bits per heavy atom. The Labute approximate surface area is 157 Å². The Balaban J connectivity index is 2.08. The van der Waals surface area contributed by atoms with Crippen molar-refractivity contribution in [3.05, 3.63) is 96.1 Å². The van der Waals surface area contributed by atoms with E-state index < -0.39 is 0 Å². The van der Waals surface area contributed by atoms with Crippen LogP contribution in [0.2, 0.25) is 0 Å². The Morgan fingerprint density at radius 2 is 1.69 bits per heavy atom. The van der Waals surface area contributed by atoms with Crippen molar-refractivity contribution >= 4 is 34.3 Å². The summed E-state index contributed by atoms with van der Waals surface area (Å²) >= 11 is 5.56. The molecule has 0 aliphatic heterocycles. The number of aliphatic hydroxyl groups is 1. The molecule has 26 heavy (non-hydrogen) atoms. The lowest BCUT2D eigenvalue weighted by molar-refractivity contribution is -0.576. The highest BCUT2D eigenvalue weighted by Crippen LogP contribution is 2.19. The van der Waals surface area contributed by atoms with Crippen LogP contribution in [0.5, 0.6) is 0 Å². The van der Waals surface area contributed by atoms with Crippen molar-refractivity contribution in [2.45, 2.75) is 6.92 Å². The van der Waals surface area contributed by atoms with Crippen molar-refractivity contribution in [3.8, 4) is 0 Å². The minimum Gasteiger partial charge on any atom is -0.502 e. The number of anilines is 1. The van der Waals surface area contributed by atoms with Gasteiger partial charge in [-0.1, -0.05) is 30.4 Å². The smallest absolute Gasteiger partial charge is 0.288 e. The van der Waals surface area contributed by atoms with E-state index in [1.165, 1.54) is 24.3 Å². The fraction of sp³-hybridized carbons (Fsp3) is 0.0476. The normalized spacial score (nSPS) is 11.6. The predicted molar refractivity (Wildman–Crippen MR) is 106 cm³/mol. The van der Waals surface area contributed by atoms with E-state index in [1.807, 2.05) is 55.6 Å². The molecule has 0 atom stereocenters. The van der Waals surface area contributed by atoms with Gasteiger partial charge in [-0.25, -0.2) is 4.39 Å². The number of rotatable bonds is 4. The third-order valence-corrected chi connectivity index (χ3v) is 4.09. The fourth-order valence-corrected chi connectivity index (χ4v) is 2.86. The summed E-state index contributed by atoms with van der Waals surface area (Å²) in [5, 5.41) is 14.0. The zero-order valence-electron chi connectivity index (χ0n) is 14.2. The highest BCUT2D eigenvalue weighted by atomic mass is 32.1. The van der Waals surface area contributed by atoms with Crippen molar-refractivity contribution in [2.24, 2.45) is 0 Å². The number of aromatic nitrogens is 1. The van der Waals surface area contributed by atoms with Crippen LogP contribution in [-0.4, -0.2) is 10.1 Å². The molecule has 2 N–H and O–H groups in total. The third kappa shape index (κ3) is 4.13. The Kier molecular flexibility index (Phi) is 5.39. The first kappa shape index (κ1) is 17.8. The van der Waals surface area contributed by atoms with Crippen molar-refractivity contribution in [1.82, 2.24) is 0 Å². The van der Waals surface area contributed by atoms with Crippen LogP contribution in [0.4, 0.5) is 10.1 Å². The van der Waals surface area contributed by atoms with Crippen LogP contribution >= 0.6 is 12.2 Å². The van der Waals surface area contributed by atoms with Crippen LogP contribution in [0, 0.1) is 12.7 Å². The van der Waals surface area contributed by atoms with Gasteiger partial charge in [0.15, 0.2) is 23.1 Å². The van der Waals surface area contributed by atoms with Crippen molar-refractivity contribution in [1.29, 1.82) is 0 Å². The van der Waals surface area contributed by atoms with E-state index in [0.717, 1.165) is 11.3 Å². The summed E-state index contributed by atoms with van der Waals surface area (Å²) in [5.74, 6) is -0.398. The summed E-state index contributed by atoms with van der Waals surface area (Å²) in [6.07, 6.45) is 3.68. The maximum Gasteiger partial charge on any atom is 0.288 e. The number of thiocarbonyl (C=S) groups is 1. The molecule has 0 bridgehead atoms. The Bertz CT molecular complexity index is 953. The van der Waals surface area contributed by atoms with Gasteiger partial charge in [-0.15, -0.1) is 0 Å². The van der Waals surface area contributed by atoms with E-state index in [9.17, 15) is 9.50 Å². The van der Waals surface area contributed by atoms with Gasteiger partial charge in [0, 0.05) is 22.9 Å². The lowest BCUT2D eigenvalue weighted by Crippen LogP contribution is -2.38. The minimum absolute atomic E-state index is 0.0333. The molecular weight excluding hydrogens is 347 g/mol. The number of nitrogens with one attached hydrogen (secondary N) is 1. The van der Waals surface area contributed by atoms with E-state index >= 15 is 0 Å². The summed E-state index contributed by atoms with van der Waals surface area (Å²) < 4.78 is 15.0. The number of para-hydroxylation sites is 1. The molecule has 0 fully saturated rings. The second-order valence-corrected chi connectivity index (χ2v) is 6.22. The van der Waals surface area contributed by atoms with Gasteiger partial charge in [0.2, 0.25) is 0 Å². The summed E-state index contributed by atoms with van der Waals surface area (Å²) in [6, 6.07) is 19.0. The lowest BCUT2D eigenvalue weighted by atomic mass is 10.1. The first-order valence-corrected chi connectivity index (χ1v) is 8.49. The van der Waals surface area contributed by atoms with E-state index in [1.54, 1.807) is 10.8 Å². The zero-order valence-corrected chi connectivity index (χ0v) is 15.0. The van der Waals surface area contributed by atoms with Crippen LogP contribution in [0.3, 0.4) is 0 Å². The van der Waals surface area contributed by atoms with Gasteiger partial charge in [-0.3, -0.25) is 0 Å². The van der Waals surface area contributed by atoms with Crippen LogP contribution in [0.15, 0.2) is 79.1 Å². The molecule has 0 saturated carbocycles. The zero-order chi connectivity index (χ0) is 18.5. The highest BCUT2D eigenvalue weighted by molar-refractivity contribution is 7.81. The van der Waals surface area contributed by atoms with Crippen molar-refractivity contribution in [3.63, 3.8) is 0 Å². The molecule has 0 aliphatic rings. The van der Waals surface area contributed by atoms with Gasteiger partial charge in [-0.2, -0.15) is 4.57 Å². The first-order valence-electron chi connectivity index (χ1n) is 8.08. The monoisotopic (exact) mass is 365 g/mol. The van der Waals surface area contributed by atoms with Crippen LogP contribution in [0.25, 0.3) is 11.5 Å². The molecule has 3 aromatic rings. The average Bonchev–Trinajstić information content (AvgIpc) is 2.63. The Hall–Kier alpha value is -3.05. The number of hydrogen-bond donors (Lipinski definition) is 2. The fourth-order valence-electron chi connectivity index (χ4n) is 2.54. The van der Waals surface area contributed by atoms with E-state index in [-0.39, 0.29) is 11.6 Å². The number of pyridine rings is 1. The van der Waals surface area contributed by atoms with Gasteiger partial charge in [0.25, 0.3) is 5.70 Å². The second kappa shape index (κ2) is 7.89. The topological polar surface area (TPSA) is 36.1 Å². The molecule has 0 spiro atoms. The number of halogens is 1. The van der Waals surface area contributed by atoms with Crippen molar-refractivity contribution < 1.29 is 14.1 Å². The third-order valence-electron chi connectivity index (χ3n) is 3.80. The summed E-state index contributed by atoms with van der Waals surface area (Å²) in [7, 11) is 0. The van der Waals surface area contributed by atoms with E-state index in [0.29, 0.717) is 16.2 Å². The lowest BCUT2D eigenvalue weighted by Gasteiger charge is -2.10. The molecule has 5 heteroatoms. The number of nitrogens with zero attached hydrogens (tertiary/aromatic N) is 1. The molecule has 2 aromatic carbocycles. The van der Waals surface area contributed by atoms with Gasteiger partial charge in [0.05, 0.1) is 0 Å². The molecule has 0 saturated heterocycles. The Morgan fingerprint density at radius 1 is 1.00 bits per heavy atom. The minimum atomic E-state index is -0.365. The van der Waals surface area contributed by atoms with Gasteiger partial charge < -0.3 is 10.4 Å². The van der Waals surface area contributed by atoms with Crippen LogP contribution < -0.4 is 9.88 Å². The molecule has 3 nitrogen and oxygen atoms in total. The molecule has 0 unspecified atom stereocenters. The van der Waals surface area contributed by atoms with E-state index in [2.05, 4.69) is 5.32 Å². The van der Waals surface area contributed by atoms with Gasteiger partial charge >= 0.3 is 0 Å². The summed E-state index contributed by atoms with van der Waals surface area (Å²) in [4.78, 5) is 0.355. The average molecular weight is 365 g/mol. The van der Waals surface area contributed by atoms with Crippen LogP contribution in [0.1, 0.15) is 11.1 Å². The SMILES string of the molecule is Cc1ccc[n+](/C(C(=S)Nc2ccccc2)=C(\O)c2ccc(F)cc2)c1. The maximum atomic E-state index is 13.2. The number of hydrogen-bond acceptors (Lipinski definition) is 2. The molecular formula is C21H18FN2OS+. The van der Waals surface area contributed by atoms with Gasteiger partial charge in [-0.05, 0) is 49.4 Å². The maximum absolute atomic E-state index is 13.2. The molecule has 0 amide bonds. The number of benzene rings is 2. The van der Waals surface area contributed by atoms with Crippen LogP contribution in [-0.2, 0) is 0 Å². The molecule has 130 valence electrons. The van der Waals surface area contributed by atoms with Gasteiger partial charge in [0.1, 0.15) is 5.82 Å². The van der Waals surface area contributed by atoms with E-state index in [4.69, 9.17) is 12.2 Å². The predicted octanol–water partition coefficient (Wildman–Crippen LogP) is 4.74. The molecule has 3 rings (SSSR count). The summed E-state index contributed by atoms with van der Waals surface area (Å²) in [5.41, 5.74) is 2.72. The largest absolute Gasteiger partial charge is 0.502 e. The quantitative estimate of drug-likeness (QED) is 0.303. The molecule has 0 aliphatic carbocycles. The standard InChI is InChI=1S/C21H17FN2OS/c1-15-6-5-13-24(14-15)19(20(25)16-9-11-17(22)12-10-16)21(26)23-18-7-3-2-4-8-18/h2-14H,1H3,(H-,23,25,26)/p+1. The molecule has 1 heterocycles. The number of aliphatic hydroxyl groups excluding tert-OH is 1.